The number of fused-ring (bicyclic) bond motifs is 1. The Balaban J connectivity index is 1.75. The van der Waals surface area contributed by atoms with Crippen molar-refractivity contribution >= 4 is 17.7 Å². The van der Waals surface area contributed by atoms with Crippen LogP contribution in [0, 0.1) is 0 Å². The Labute approximate surface area is 118 Å². The molecule has 1 N–H and O–H groups in total. The molecule has 1 aromatic carbocycles. The molecule has 2 heterocycles. The molecule has 2 aliphatic heterocycles. The molecule has 0 bridgehead atoms. The van der Waals surface area contributed by atoms with Gasteiger partial charge in [0, 0.05) is 29.8 Å². The fourth-order valence-corrected chi connectivity index (χ4v) is 4.22. The van der Waals surface area contributed by atoms with E-state index in [-0.39, 0.29) is 5.92 Å². The van der Waals surface area contributed by atoms with Gasteiger partial charge in [0.05, 0.1) is 5.92 Å². The highest BCUT2D eigenvalue weighted by Crippen LogP contribution is 2.40. The minimum atomic E-state index is 0.0665. The summed E-state index contributed by atoms with van der Waals surface area (Å²) >= 11 is 1.81. The number of hydrogen-bond donors (Lipinski definition) is 1. The van der Waals surface area contributed by atoms with Crippen LogP contribution in [0.5, 0.6) is 0 Å². The maximum absolute atomic E-state index is 12.7. The van der Waals surface area contributed by atoms with Gasteiger partial charge in [0.1, 0.15) is 0 Å². The van der Waals surface area contributed by atoms with Gasteiger partial charge in [-0.1, -0.05) is 18.2 Å². The van der Waals surface area contributed by atoms with Crippen LogP contribution in [0.1, 0.15) is 24.3 Å². The van der Waals surface area contributed by atoms with Crippen molar-refractivity contribution in [3.8, 4) is 0 Å². The zero-order chi connectivity index (χ0) is 13.2. The van der Waals surface area contributed by atoms with Gasteiger partial charge in [-0.2, -0.15) is 0 Å². The number of nitrogens with one attached hydrogen (secondary N) is 1. The van der Waals surface area contributed by atoms with Crippen molar-refractivity contribution < 1.29 is 4.79 Å². The second-order valence-electron chi connectivity index (χ2n) is 5.31. The fraction of sp³-hybridized carbons (Fsp3) is 0.533. The average Bonchev–Trinajstić information content (AvgIpc) is 2.90. The molecule has 0 aliphatic carbocycles. The Kier molecular flexibility index (Phi) is 3.80. The lowest BCUT2D eigenvalue weighted by Gasteiger charge is -2.34. The number of rotatable bonds is 2. The number of benzene rings is 1. The van der Waals surface area contributed by atoms with Gasteiger partial charge in [-0.05, 0) is 31.5 Å². The zero-order valence-electron chi connectivity index (χ0n) is 11.3. The Morgan fingerprint density at radius 1 is 1.42 bits per heavy atom. The van der Waals surface area contributed by atoms with Crippen LogP contribution in [0.3, 0.4) is 0 Å². The van der Waals surface area contributed by atoms with E-state index < -0.39 is 0 Å². The number of likely N-dealkylation sites (tertiary alicyclic amines) is 1. The lowest BCUT2D eigenvalue weighted by molar-refractivity contribution is -0.133. The minimum Gasteiger partial charge on any atom is -0.341 e. The fourth-order valence-electron chi connectivity index (χ4n) is 3.00. The van der Waals surface area contributed by atoms with E-state index >= 15 is 0 Å². The molecule has 3 nitrogen and oxygen atoms in total. The molecule has 0 unspecified atom stereocenters. The lowest BCUT2D eigenvalue weighted by atomic mass is 9.97. The second-order valence-corrected chi connectivity index (χ2v) is 6.38. The molecule has 0 saturated carbocycles. The van der Waals surface area contributed by atoms with E-state index in [0.717, 1.165) is 25.3 Å². The number of nitrogens with zero attached hydrogens (tertiary/aromatic N) is 1. The van der Waals surface area contributed by atoms with Crippen LogP contribution in [-0.4, -0.2) is 42.7 Å². The van der Waals surface area contributed by atoms with Gasteiger partial charge in [-0.3, -0.25) is 4.79 Å². The second kappa shape index (κ2) is 5.55. The van der Waals surface area contributed by atoms with Gasteiger partial charge < -0.3 is 10.2 Å². The molecule has 19 heavy (non-hydrogen) atoms. The minimum absolute atomic E-state index is 0.0665. The predicted octanol–water partition coefficient (Wildman–Crippen LogP) is 2.09. The van der Waals surface area contributed by atoms with Gasteiger partial charge in [-0.25, -0.2) is 0 Å². The smallest absolute Gasteiger partial charge is 0.231 e. The van der Waals surface area contributed by atoms with E-state index in [1.54, 1.807) is 0 Å². The SMILES string of the molecule is CN[C@H]1CCCN(C(=O)[C@H]2CSc3ccccc32)C1. The van der Waals surface area contributed by atoms with E-state index in [1.165, 1.54) is 16.9 Å². The Hall–Kier alpha value is -1.00. The van der Waals surface area contributed by atoms with Gasteiger partial charge >= 0.3 is 0 Å². The molecule has 4 heteroatoms. The summed E-state index contributed by atoms with van der Waals surface area (Å²) in [4.78, 5) is 16.0. The number of hydrogen-bond acceptors (Lipinski definition) is 3. The first-order chi connectivity index (χ1) is 9.29. The number of carbonyl (C=O) groups is 1. The first-order valence-electron chi connectivity index (χ1n) is 6.97. The molecule has 1 fully saturated rings. The van der Waals surface area contributed by atoms with E-state index in [4.69, 9.17) is 0 Å². The Morgan fingerprint density at radius 3 is 3.11 bits per heavy atom. The quantitative estimate of drug-likeness (QED) is 0.897. The number of piperidine rings is 1. The molecule has 0 spiro atoms. The molecule has 1 amide bonds. The Morgan fingerprint density at radius 2 is 2.26 bits per heavy atom. The van der Waals surface area contributed by atoms with Crippen molar-refractivity contribution in [2.24, 2.45) is 0 Å². The standard InChI is InChI=1S/C15H20N2OS/c1-16-11-5-4-8-17(9-11)15(18)13-10-19-14-7-3-2-6-12(13)14/h2-3,6-7,11,13,16H,4-5,8-10H2,1H3/t11-,13-/m0/s1. The maximum atomic E-state index is 12.7. The molecule has 2 aliphatic rings. The largest absolute Gasteiger partial charge is 0.341 e. The summed E-state index contributed by atoms with van der Waals surface area (Å²) in [7, 11) is 1.99. The summed E-state index contributed by atoms with van der Waals surface area (Å²) in [5.41, 5.74) is 1.23. The van der Waals surface area contributed by atoms with Crippen molar-refractivity contribution in [1.82, 2.24) is 10.2 Å². The van der Waals surface area contributed by atoms with Gasteiger partial charge in [0.25, 0.3) is 0 Å². The normalized spacial score (nSPS) is 26.3. The molecule has 102 valence electrons. The molecule has 0 radical (unpaired) electrons. The van der Waals surface area contributed by atoms with Crippen molar-refractivity contribution in [1.29, 1.82) is 0 Å². The van der Waals surface area contributed by atoms with Crippen LogP contribution in [0.25, 0.3) is 0 Å². The van der Waals surface area contributed by atoms with Crippen LogP contribution >= 0.6 is 11.8 Å². The summed E-state index contributed by atoms with van der Waals surface area (Å²) in [5, 5.41) is 3.30. The molecular formula is C15H20N2OS. The number of likely N-dealkylation sites (N-methyl/N-ethyl adjacent to an activating group) is 1. The van der Waals surface area contributed by atoms with Crippen LogP contribution in [0.2, 0.25) is 0 Å². The number of amides is 1. The summed E-state index contributed by atoms with van der Waals surface area (Å²) in [6.45, 7) is 1.78. The van der Waals surface area contributed by atoms with E-state index in [1.807, 2.05) is 24.9 Å². The van der Waals surface area contributed by atoms with Gasteiger partial charge in [-0.15, -0.1) is 11.8 Å². The van der Waals surface area contributed by atoms with Crippen LogP contribution in [-0.2, 0) is 4.79 Å². The summed E-state index contributed by atoms with van der Waals surface area (Å²) in [6.07, 6.45) is 2.29. The predicted molar refractivity (Wildman–Crippen MR) is 78.6 cm³/mol. The summed E-state index contributed by atoms with van der Waals surface area (Å²) < 4.78 is 0. The monoisotopic (exact) mass is 276 g/mol. The third-order valence-electron chi connectivity index (χ3n) is 4.14. The highest BCUT2D eigenvalue weighted by Gasteiger charge is 2.33. The zero-order valence-corrected chi connectivity index (χ0v) is 12.1. The van der Waals surface area contributed by atoms with Gasteiger partial charge in [0.15, 0.2) is 0 Å². The van der Waals surface area contributed by atoms with Crippen LogP contribution in [0.15, 0.2) is 29.2 Å². The van der Waals surface area contributed by atoms with Crippen molar-refractivity contribution in [3.05, 3.63) is 29.8 Å². The van der Waals surface area contributed by atoms with Crippen molar-refractivity contribution in [2.75, 3.05) is 25.9 Å². The first-order valence-corrected chi connectivity index (χ1v) is 7.96. The van der Waals surface area contributed by atoms with Crippen LogP contribution in [0.4, 0.5) is 0 Å². The molecule has 2 atom stereocenters. The third kappa shape index (κ3) is 2.51. The van der Waals surface area contributed by atoms with E-state index in [9.17, 15) is 4.79 Å². The van der Waals surface area contributed by atoms with Crippen molar-refractivity contribution in [3.63, 3.8) is 0 Å². The number of carbonyl (C=O) groups excluding carboxylic acids is 1. The highest BCUT2D eigenvalue weighted by atomic mass is 32.2. The van der Waals surface area contributed by atoms with E-state index in [0.29, 0.717) is 11.9 Å². The van der Waals surface area contributed by atoms with E-state index in [2.05, 4.69) is 28.4 Å². The average molecular weight is 276 g/mol. The lowest BCUT2D eigenvalue weighted by Crippen LogP contribution is -2.48. The topological polar surface area (TPSA) is 32.3 Å². The molecular weight excluding hydrogens is 256 g/mol. The molecule has 0 aromatic heterocycles. The summed E-state index contributed by atoms with van der Waals surface area (Å²) in [5.74, 6) is 1.29. The number of thioether (sulfide) groups is 1. The highest BCUT2D eigenvalue weighted by molar-refractivity contribution is 7.99. The Bertz CT molecular complexity index is 477. The first kappa shape index (κ1) is 13.0. The summed E-state index contributed by atoms with van der Waals surface area (Å²) in [6, 6.07) is 8.79. The van der Waals surface area contributed by atoms with Crippen molar-refractivity contribution in [2.45, 2.75) is 29.7 Å². The van der Waals surface area contributed by atoms with Crippen LogP contribution < -0.4 is 5.32 Å². The molecule has 1 saturated heterocycles. The molecule has 3 rings (SSSR count). The maximum Gasteiger partial charge on any atom is 0.231 e. The van der Waals surface area contributed by atoms with Gasteiger partial charge in [0.2, 0.25) is 5.91 Å². The third-order valence-corrected chi connectivity index (χ3v) is 5.32. The molecule has 1 aromatic rings.